The molecule has 2 amide bonds. The van der Waals surface area contributed by atoms with Gasteiger partial charge in [-0.15, -0.1) is 11.3 Å². The maximum absolute atomic E-state index is 11.7. The molecule has 0 saturated heterocycles. The average molecular weight is 320 g/mol. The van der Waals surface area contributed by atoms with Crippen molar-refractivity contribution in [1.82, 2.24) is 10.6 Å². The molecule has 1 atom stereocenters. The first-order valence-corrected chi connectivity index (χ1v) is 7.93. The molecular weight excluding hydrogens is 300 g/mol. The van der Waals surface area contributed by atoms with E-state index in [-0.39, 0.29) is 6.03 Å². The molecule has 22 heavy (non-hydrogen) atoms. The summed E-state index contributed by atoms with van der Waals surface area (Å²) in [6, 6.07) is 11.1. The Labute approximate surface area is 133 Å². The van der Waals surface area contributed by atoms with Gasteiger partial charge in [0.1, 0.15) is 5.75 Å². The third-order valence-electron chi connectivity index (χ3n) is 3.19. The Morgan fingerprint density at radius 2 is 2.05 bits per heavy atom. The van der Waals surface area contributed by atoms with E-state index in [1.165, 1.54) is 11.3 Å². The van der Waals surface area contributed by atoms with Crippen LogP contribution in [0.5, 0.6) is 5.75 Å². The molecule has 1 aromatic heterocycles. The Kier molecular flexibility index (Phi) is 6.24. The van der Waals surface area contributed by atoms with Crippen molar-refractivity contribution in [2.24, 2.45) is 0 Å². The lowest BCUT2D eigenvalue weighted by molar-refractivity contribution is 0.170. The molecule has 1 heterocycles. The first-order chi connectivity index (χ1) is 10.7. The number of ether oxygens (including phenoxy) is 1. The van der Waals surface area contributed by atoms with Crippen LogP contribution in [0.1, 0.15) is 23.0 Å². The summed E-state index contributed by atoms with van der Waals surface area (Å²) < 4.78 is 5.08. The smallest absolute Gasteiger partial charge is 0.315 e. The second kappa shape index (κ2) is 8.41. The molecule has 0 radical (unpaired) electrons. The number of amides is 2. The van der Waals surface area contributed by atoms with E-state index in [0.29, 0.717) is 19.5 Å². The van der Waals surface area contributed by atoms with Gasteiger partial charge in [0.2, 0.25) is 0 Å². The number of benzene rings is 1. The summed E-state index contributed by atoms with van der Waals surface area (Å²) in [7, 11) is 1.62. The van der Waals surface area contributed by atoms with Crippen molar-refractivity contribution in [3.05, 3.63) is 52.2 Å². The molecule has 3 N–H and O–H groups in total. The van der Waals surface area contributed by atoms with Gasteiger partial charge in [-0.3, -0.25) is 0 Å². The zero-order valence-electron chi connectivity index (χ0n) is 12.4. The number of rotatable bonds is 7. The molecule has 0 aliphatic carbocycles. The standard InChI is InChI=1S/C16H20N2O3S/c1-21-13-6-4-12(5-7-13)11-18-16(20)17-9-8-14(19)15-3-2-10-22-15/h2-7,10,14,19H,8-9,11H2,1H3,(H2,17,18,20). The highest BCUT2D eigenvalue weighted by Gasteiger charge is 2.08. The van der Waals surface area contributed by atoms with Gasteiger partial charge in [0.05, 0.1) is 13.2 Å². The second-order valence-corrected chi connectivity index (χ2v) is 5.76. The van der Waals surface area contributed by atoms with E-state index in [0.717, 1.165) is 16.2 Å². The number of thiophene rings is 1. The van der Waals surface area contributed by atoms with Crippen LogP contribution in [0.2, 0.25) is 0 Å². The molecule has 0 bridgehead atoms. The third-order valence-corrected chi connectivity index (χ3v) is 4.16. The van der Waals surface area contributed by atoms with Crippen molar-refractivity contribution in [3.8, 4) is 5.75 Å². The Bertz CT molecular complexity index is 570. The zero-order chi connectivity index (χ0) is 15.8. The maximum Gasteiger partial charge on any atom is 0.315 e. The molecule has 1 aromatic carbocycles. The molecule has 6 heteroatoms. The summed E-state index contributed by atoms with van der Waals surface area (Å²) in [6.07, 6.45) is -0.0295. The Morgan fingerprint density at radius 1 is 1.27 bits per heavy atom. The van der Waals surface area contributed by atoms with Crippen molar-refractivity contribution < 1.29 is 14.6 Å². The Balaban J connectivity index is 1.65. The van der Waals surface area contributed by atoms with Crippen LogP contribution in [0.25, 0.3) is 0 Å². The molecule has 0 aliphatic rings. The number of nitrogens with one attached hydrogen (secondary N) is 2. The van der Waals surface area contributed by atoms with E-state index in [4.69, 9.17) is 4.74 Å². The third kappa shape index (κ3) is 5.05. The molecule has 2 rings (SSSR count). The van der Waals surface area contributed by atoms with Crippen molar-refractivity contribution in [3.63, 3.8) is 0 Å². The van der Waals surface area contributed by atoms with E-state index in [1.807, 2.05) is 41.8 Å². The van der Waals surface area contributed by atoms with Crippen LogP contribution in [-0.4, -0.2) is 24.8 Å². The fraction of sp³-hybridized carbons (Fsp3) is 0.312. The average Bonchev–Trinajstić information content (AvgIpc) is 3.08. The van der Waals surface area contributed by atoms with Crippen molar-refractivity contribution in [1.29, 1.82) is 0 Å². The van der Waals surface area contributed by atoms with Gasteiger partial charge in [-0.05, 0) is 35.6 Å². The summed E-state index contributed by atoms with van der Waals surface area (Å²) in [5.74, 6) is 0.788. The highest BCUT2D eigenvalue weighted by molar-refractivity contribution is 7.10. The largest absolute Gasteiger partial charge is 0.497 e. The van der Waals surface area contributed by atoms with Crippen LogP contribution in [0, 0.1) is 0 Å². The highest BCUT2D eigenvalue weighted by Crippen LogP contribution is 2.20. The van der Waals surface area contributed by atoms with Gasteiger partial charge in [0, 0.05) is 18.0 Å². The lowest BCUT2D eigenvalue weighted by Gasteiger charge is -2.11. The molecule has 1 unspecified atom stereocenters. The summed E-state index contributed by atoms with van der Waals surface area (Å²) in [6.45, 7) is 0.872. The summed E-state index contributed by atoms with van der Waals surface area (Å²) in [5.41, 5.74) is 0.995. The lowest BCUT2D eigenvalue weighted by Crippen LogP contribution is -2.35. The molecule has 5 nitrogen and oxygen atoms in total. The van der Waals surface area contributed by atoms with Gasteiger partial charge in [0.25, 0.3) is 0 Å². The minimum absolute atomic E-state index is 0.241. The van der Waals surface area contributed by atoms with Crippen molar-refractivity contribution in [2.45, 2.75) is 19.1 Å². The van der Waals surface area contributed by atoms with Crippen molar-refractivity contribution >= 4 is 17.4 Å². The highest BCUT2D eigenvalue weighted by atomic mass is 32.1. The van der Waals surface area contributed by atoms with Gasteiger partial charge in [-0.2, -0.15) is 0 Å². The molecule has 118 valence electrons. The summed E-state index contributed by atoms with van der Waals surface area (Å²) in [4.78, 5) is 12.6. The lowest BCUT2D eigenvalue weighted by atomic mass is 10.2. The minimum atomic E-state index is -0.526. The van der Waals surface area contributed by atoms with Crippen LogP contribution < -0.4 is 15.4 Å². The van der Waals surface area contributed by atoms with E-state index in [1.54, 1.807) is 7.11 Å². The van der Waals surface area contributed by atoms with Gasteiger partial charge in [-0.1, -0.05) is 18.2 Å². The zero-order valence-corrected chi connectivity index (χ0v) is 13.2. The topological polar surface area (TPSA) is 70.6 Å². The number of carbonyl (C=O) groups excluding carboxylic acids is 1. The molecule has 0 aliphatic heterocycles. The van der Waals surface area contributed by atoms with E-state index in [2.05, 4.69) is 10.6 Å². The number of hydrogen-bond donors (Lipinski definition) is 3. The number of methoxy groups -OCH3 is 1. The van der Waals surface area contributed by atoms with Gasteiger partial charge < -0.3 is 20.5 Å². The fourth-order valence-corrected chi connectivity index (χ4v) is 2.68. The summed E-state index contributed by atoms with van der Waals surface area (Å²) in [5, 5.41) is 17.3. The van der Waals surface area contributed by atoms with Crippen LogP contribution in [0.3, 0.4) is 0 Å². The summed E-state index contributed by atoms with van der Waals surface area (Å²) >= 11 is 1.51. The molecule has 2 aromatic rings. The quantitative estimate of drug-likeness (QED) is 0.734. The minimum Gasteiger partial charge on any atom is -0.497 e. The van der Waals surface area contributed by atoms with Crippen LogP contribution in [-0.2, 0) is 6.54 Å². The van der Waals surface area contributed by atoms with Crippen molar-refractivity contribution in [2.75, 3.05) is 13.7 Å². The first-order valence-electron chi connectivity index (χ1n) is 7.05. The Hall–Kier alpha value is -2.05. The maximum atomic E-state index is 11.7. The number of hydrogen-bond acceptors (Lipinski definition) is 4. The molecule has 0 saturated carbocycles. The van der Waals surface area contributed by atoms with E-state index >= 15 is 0 Å². The van der Waals surface area contributed by atoms with E-state index in [9.17, 15) is 9.90 Å². The van der Waals surface area contributed by atoms with Gasteiger partial charge in [-0.25, -0.2) is 4.79 Å². The first kappa shape index (κ1) is 16.3. The van der Waals surface area contributed by atoms with Crippen LogP contribution >= 0.6 is 11.3 Å². The number of carbonyl (C=O) groups is 1. The monoisotopic (exact) mass is 320 g/mol. The molecule has 0 spiro atoms. The fourth-order valence-electron chi connectivity index (χ4n) is 1.93. The SMILES string of the molecule is COc1ccc(CNC(=O)NCCC(O)c2cccs2)cc1. The Morgan fingerprint density at radius 3 is 2.68 bits per heavy atom. The number of aliphatic hydroxyl groups excluding tert-OH is 1. The van der Waals surface area contributed by atoms with Crippen LogP contribution in [0.15, 0.2) is 41.8 Å². The molecular formula is C16H20N2O3S. The van der Waals surface area contributed by atoms with E-state index < -0.39 is 6.10 Å². The predicted molar refractivity (Wildman–Crippen MR) is 87.1 cm³/mol. The second-order valence-electron chi connectivity index (χ2n) is 4.78. The number of urea groups is 1. The normalized spacial score (nSPS) is 11.7. The van der Waals surface area contributed by atoms with Crippen LogP contribution in [0.4, 0.5) is 4.79 Å². The molecule has 0 fully saturated rings. The number of aliphatic hydroxyl groups is 1. The van der Waals surface area contributed by atoms with Gasteiger partial charge in [0.15, 0.2) is 0 Å². The van der Waals surface area contributed by atoms with Gasteiger partial charge >= 0.3 is 6.03 Å². The predicted octanol–water partition coefficient (Wildman–Crippen LogP) is 2.68.